The average molecular weight is 380 g/mol. The Kier molecular flexibility index (Phi) is 4.84. The summed E-state index contributed by atoms with van der Waals surface area (Å²) >= 11 is 0. The van der Waals surface area contributed by atoms with Crippen LogP contribution in [0.4, 0.5) is 5.82 Å². The van der Waals surface area contributed by atoms with Crippen molar-refractivity contribution in [2.24, 2.45) is 0 Å². The van der Waals surface area contributed by atoms with Gasteiger partial charge in [0.15, 0.2) is 0 Å². The Balaban J connectivity index is 1.16. The van der Waals surface area contributed by atoms with Gasteiger partial charge in [0.05, 0.1) is 12.2 Å². The molecule has 0 amide bonds. The minimum Gasteiger partial charge on any atom is -0.354 e. The number of aromatic nitrogens is 4. The molecule has 1 saturated heterocycles. The van der Waals surface area contributed by atoms with E-state index in [0.29, 0.717) is 12.5 Å². The van der Waals surface area contributed by atoms with Crippen LogP contribution in [0.25, 0.3) is 0 Å². The fourth-order valence-corrected chi connectivity index (χ4v) is 4.50. The number of anilines is 1. The van der Waals surface area contributed by atoms with Gasteiger partial charge in [-0.1, -0.05) is 6.42 Å². The Bertz CT molecular complexity index is 898. The Morgan fingerprint density at radius 2 is 1.82 bits per heavy atom. The van der Waals surface area contributed by atoms with E-state index in [1.165, 1.54) is 25.0 Å². The fourth-order valence-electron chi connectivity index (χ4n) is 4.50. The van der Waals surface area contributed by atoms with Crippen LogP contribution in [0.1, 0.15) is 48.6 Å². The molecule has 0 unspecified atom stereocenters. The van der Waals surface area contributed by atoms with Crippen molar-refractivity contribution in [2.75, 3.05) is 37.6 Å². The molecule has 0 bridgehead atoms. The summed E-state index contributed by atoms with van der Waals surface area (Å²) < 4.78 is 1.66. The lowest BCUT2D eigenvalue weighted by molar-refractivity contribution is 0.242. The first kappa shape index (κ1) is 17.8. The summed E-state index contributed by atoms with van der Waals surface area (Å²) in [5.41, 5.74) is 3.53. The van der Waals surface area contributed by atoms with Crippen molar-refractivity contribution in [3.63, 3.8) is 0 Å². The van der Waals surface area contributed by atoms with E-state index in [-0.39, 0.29) is 5.56 Å². The molecule has 2 aromatic heterocycles. The molecular weight excluding hydrogens is 352 g/mol. The zero-order valence-electron chi connectivity index (χ0n) is 16.4. The van der Waals surface area contributed by atoms with E-state index in [0.717, 1.165) is 69.1 Å². The number of rotatable bonds is 5. The van der Waals surface area contributed by atoms with E-state index >= 15 is 0 Å². The molecule has 2 aliphatic carbocycles. The number of nitrogens with zero attached hydrogens (tertiary/aromatic N) is 6. The average Bonchev–Trinajstić information content (AvgIpc) is 3.12. The molecule has 0 radical (unpaired) electrons. The SMILES string of the molecule is O=c1cc2c(nn1CCN1CCN(c3cc(C4CCC4)ncn3)CC1)CCC2. The third-order valence-electron chi connectivity index (χ3n) is 6.55. The van der Waals surface area contributed by atoms with Crippen molar-refractivity contribution < 1.29 is 0 Å². The molecule has 1 aliphatic heterocycles. The summed E-state index contributed by atoms with van der Waals surface area (Å²) in [4.78, 5) is 26.0. The monoisotopic (exact) mass is 380 g/mol. The third kappa shape index (κ3) is 3.55. The second kappa shape index (κ2) is 7.62. The predicted octanol–water partition coefficient (Wildman–Crippen LogP) is 1.61. The van der Waals surface area contributed by atoms with Gasteiger partial charge in [-0.15, -0.1) is 0 Å². The van der Waals surface area contributed by atoms with Crippen molar-refractivity contribution in [1.82, 2.24) is 24.6 Å². The van der Waals surface area contributed by atoms with Crippen molar-refractivity contribution in [1.29, 1.82) is 0 Å². The van der Waals surface area contributed by atoms with E-state index in [1.807, 2.05) is 0 Å². The molecule has 3 heterocycles. The van der Waals surface area contributed by atoms with Gasteiger partial charge < -0.3 is 4.90 Å². The summed E-state index contributed by atoms with van der Waals surface area (Å²) in [5, 5.41) is 4.59. The molecule has 148 valence electrons. The molecule has 1 saturated carbocycles. The van der Waals surface area contributed by atoms with Gasteiger partial charge in [0, 0.05) is 56.5 Å². The summed E-state index contributed by atoms with van der Waals surface area (Å²) in [6.07, 6.45) is 8.72. The first-order chi connectivity index (χ1) is 13.8. The Morgan fingerprint density at radius 1 is 0.964 bits per heavy atom. The van der Waals surface area contributed by atoms with Crippen LogP contribution in [-0.2, 0) is 19.4 Å². The van der Waals surface area contributed by atoms with Gasteiger partial charge in [-0.05, 0) is 37.7 Å². The molecule has 0 spiro atoms. The van der Waals surface area contributed by atoms with Crippen molar-refractivity contribution in [2.45, 2.75) is 51.0 Å². The maximum Gasteiger partial charge on any atom is 0.267 e. The van der Waals surface area contributed by atoms with Crippen LogP contribution in [-0.4, -0.2) is 57.4 Å². The van der Waals surface area contributed by atoms with Crippen LogP contribution in [0.2, 0.25) is 0 Å². The lowest BCUT2D eigenvalue weighted by atomic mass is 9.83. The van der Waals surface area contributed by atoms with E-state index in [9.17, 15) is 4.79 Å². The van der Waals surface area contributed by atoms with Crippen LogP contribution < -0.4 is 10.5 Å². The number of hydrogen-bond acceptors (Lipinski definition) is 6. The quantitative estimate of drug-likeness (QED) is 0.785. The fraction of sp³-hybridized carbons (Fsp3) is 0.619. The standard InChI is InChI=1S/C21H28N6O/c28-21-13-17-5-2-6-18(17)24-27(21)12-9-25-7-10-26(11-8-25)20-14-19(22-15-23-20)16-3-1-4-16/h13-16H,1-12H2. The highest BCUT2D eigenvalue weighted by Crippen LogP contribution is 2.35. The van der Waals surface area contributed by atoms with Crippen LogP contribution in [0.15, 0.2) is 23.3 Å². The van der Waals surface area contributed by atoms with Gasteiger partial charge in [-0.3, -0.25) is 9.69 Å². The first-order valence-electron chi connectivity index (χ1n) is 10.7. The molecule has 5 rings (SSSR count). The molecular formula is C21H28N6O. The Labute approximate surface area is 165 Å². The number of hydrogen-bond donors (Lipinski definition) is 0. The highest BCUT2D eigenvalue weighted by Gasteiger charge is 2.23. The summed E-state index contributed by atoms with van der Waals surface area (Å²) in [6, 6.07) is 3.98. The second-order valence-corrected chi connectivity index (χ2v) is 8.29. The van der Waals surface area contributed by atoms with Gasteiger partial charge in [-0.25, -0.2) is 14.6 Å². The smallest absolute Gasteiger partial charge is 0.267 e. The van der Waals surface area contributed by atoms with Crippen LogP contribution in [0.3, 0.4) is 0 Å². The van der Waals surface area contributed by atoms with Crippen LogP contribution in [0, 0.1) is 0 Å². The Morgan fingerprint density at radius 3 is 2.61 bits per heavy atom. The molecule has 28 heavy (non-hydrogen) atoms. The zero-order chi connectivity index (χ0) is 18.9. The van der Waals surface area contributed by atoms with Crippen LogP contribution >= 0.6 is 0 Å². The molecule has 2 fully saturated rings. The Hall–Kier alpha value is -2.28. The summed E-state index contributed by atoms with van der Waals surface area (Å²) in [6.45, 7) is 5.45. The molecule has 0 atom stereocenters. The first-order valence-corrected chi connectivity index (χ1v) is 10.7. The van der Waals surface area contributed by atoms with Crippen molar-refractivity contribution in [3.8, 4) is 0 Å². The van der Waals surface area contributed by atoms with Gasteiger partial charge in [0.25, 0.3) is 5.56 Å². The maximum atomic E-state index is 12.3. The molecule has 7 nitrogen and oxygen atoms in total. The third-order valence-corrected chi connectivity index (χ3v) is 6.55. The minimum atomic E-state index is 0.0452. The lowest BCUT2D eigenvalue weighted by Gasteiger charge is -2.35. The molecule has 0 N–H and O–H groups in total. The molecule has 2 aromatic rings. The maximum absolute atomic E-state index is 12.3. The van der Waals surface area contributed by atoms with E-state index in [1.54, 1.807) is 17.1 Å². The molecule has 0 aromatic carbocycles. The van der Waals surface area contributed by atoms with E-state index in [4.69, 9.17) is 0 Å². The lowest BCUT2D eigenvalue weighted by Crippen LogP contribution is -2.48. The normalized spacial score (nSPS) is 20.2. The van der Waals surface area contributed by atoms with Crippen LogP contribution in [0.5, 0.6) is 0 Å². The highest BCUT2D eigenvalue weighted by molar-refractivity contribution is 5.40. The largest absolute Gasteiger partial charge is 0.354 e. The number of piperazine rings is 1. The van der Waals surface area contributed by atoms with Crippen molar-refractivity contribution >= 4 is 5.82 Å². The summed E-state index contributed by atoms with van der Waals surface area (Å²) in [5.74, 6) is 1.70. The summed E-state index contributed by atoms with van der Waals surface area (Å²) in [7, 11) is 0. The topological polar surface area (TPSA) is 67.2 Å². The van der Waals surface area contributed by atoms with E-state index < -0.39 is 0 Å². The number of fused-ring (bicyclic) bond motifs is 1. The van der Waals surface area contributed by atoms with Gasteiger partial charge >= 0.3 is 0 Å². The number of aryl methyl sites for hydroxylation is 2. The van der Waals surface area contributed by atoms with Gasteiger partial charge in [-0.2, -0.15) is 5.10 Å². The predicted molar refractivity (Wildman–Crippen MR) is 108 cm³/mol. The zero-order valence-corrected chi connectivity index (χ0v) is 16.4. The molecule has 3 aliphatic rings. The molecule has 7 heteroatoms. The second-order valence-electron chi connectivity index (χ2n) is 8.29. The highest BCUT2D eigenvalue weighted by atomic mass is 16.1. The van der Waals surface area contributed by atoms with Gasteiger partial charge in [0.2, 0.25) is 0 Å². The minimum absolute atomic E-state index is 0.0452. The van der Waals surface area contributed by atoms with Gasteiger partial charge in [0.1, 0.15) is 12.1 Å². The van der Waals surface area contributed by atoms with Crippen molar-refractivity contribution in [3.05, 3.63) is 45.8 Å². The van der Waals surface area contributed by atoms with E-state index in [2.05, 4.69) is 30.9 Å².